The van der Waals surface area contributed by atoms with Crippen LogP contribution in [0.4, 0.5) is 5.82 Å². The van der Waals surface area contributed by atoms with Gasteiger partial charge in [-0.1, -0.05) is 15.9 Å². The SMILES string of the molecule is CN(C)C1CCCN(c2nc3sccn3c2CBr)C1. The molecule has 0 aliphatic carbocycles. The lowest BCUT2D eigenvalue weighted by molar-refractivity contribution is 0.257. The fraction of sp³-hybridized carbons (Fsp3) is 0.615. The van der Waals surface area contributed by atoms with Crippen LogP contribution in [0.2, 0.25) is 0 Å². The zero-order chi connectivity index (χ0) is 13.4. The van der Waals surface area contributed by atoms with Crippen molar-refractivity contribution in [1.82, 2.24) is 14.3 Å². The van der Waals surface area contributed by atoms with E-state index in [9.17, 15) is 0 Å². The van der Waals surface area contributed by atoms with Crippen LogP contribution in [-0.4, -0.2) is 47.5 Å². The maximum absolute atomic E-state index is 4.82. The van der Waals surface area contributed by atoms with Gasteiger partial charge >= 0.3 is 0 Å². The summed E-state index contributed by atoms with van der Waals surface area (Å²) in [5.41, 5.74) is 1.27. The third-order valence-corrected chi connectivity index (χ3v) is 5.18. The van der Waals surface area contributed by atoms with Crippen molar-refractivity contribution in [3.8, 4) is 0 Å². The number of piperidine rings is 1. The maximum atomic E-state index is 4.82. The summed E-state index contributed by atoms with van der Waals surface area (Å²) >= 11 is 5.31. The Hall–Kier alpha value is -0.590. The van der Waals surface area contributed by atoms with Crippen LogP contribution in [0.25, 0.3) is 4.96 Å². The smallest absolute Gasteiger partial charge is 0.195 e. The Bertz CT molecular complexity index is 562. The Balaban J connectivity index is 1.92. The summed E-state index contributed by atoms with van der Waals surface area (Å²) < 4.78 is 2.20. The minimum Gasteiger partial charge on any atom is -0.353 e. The highest BCUT2D eigenvalue weighted by atomic mass is 79.9. The first-order valence-corrected chi connectivity index (χ1v) is 8.62. The molecular weight excluding hydrogens is 324 g/mol. The number of fused-ring (bicyclic) bond motifs is 1. The Labute approximate surface area is 126 Å². The molecular formula is C13H19BrN4S. The van der Waals surface area contributed by atoms with E-state index in [1.165, 1.54) is 18.5 Å². The molecule has 2 aromatic rings. The van der Waals surface area contributed by atoms with E-state index in [4.69, 9.17) is 4.98 Å². The highest BCUT2D eigenvalue weighted by Crippen LogP contribution is 2.29. The van der Waals surface area contributed by atoms with Gasteiger partial charge in [-0.05, 0) is 26.9 Å². The lowest BCUT2D eigenvalue weighted by atomic mass is 10.0. The fourth-order valence-corrected chi connectivity index (χ4v) is 4.02. The van der Waals surface area contributed by atoms with Gasteiger partial charge in [0.25, 0.3) is 0 Å². The van der Waals surface area contributed by atoms with Gasteiger partial charge in [0, 0.05) is 36.0 Å². The molecule has 0 saturated carbocycles. The van der Waals surface area contributed by atoms with Crippen LogP contribution in [0.5, 0.6) is 0 Å². The lowest BCUT2D eigenvalue weighted by Gasteiger charge is -2.36. The van der Waals surface area contributed by atoms with Crippen LogP contribution >= 0.6 is 27.3 Å². The summed E-state index contributed by atoms with van der Waals surface area (Å²) in [5, 5.41) is 2.94. The van der Waals surface area contributed by atoms with Crippen molar-refractivity contribution >= 4 is 38.0 Å². The number of hydrogen-bond acceptors (Lipinski definition) is 4. The quantitative estimate of drug-likeness (QED) is 0.801. The molecule has 0 N–H and O–H groups in total. The van der Waals surface area contributed by atoms with E-state index in [-0.39, 0.29) is 0 Å². The number of rotatable bonds is 3. The Morgan fingerprint density at radius 3 is 3.11 bits per heavy atom. The van der Waals surface area contributed by atoms with Crippen LogP contribution in [0.15, 0.2) is 11.6 Å². The van der Waals surface area contributed by atoms with Gasteiger partial charge in [0.2, 0.25) is 0 Å². The standard InChI is InChI=1S/C13H19BrN4S/c1-16(2)10-4-3-5-17(9-10)12-11(8-14)18-6-7-19-13(18)15-12/h6-7,10H,3-5,8-9H2,1-2H3. The van der Waals surface area contributed by atoms with Crippen molar-refractivity contribution in [2.45, 2.75) is 24.2 Å². The van der Waals surface area contributed by atoms with Crippen LogP contribution in [-0.2, 0) is 5.33 Å². The molecule has 3 rings (SSSR count). The van der Waals surface area contributed by atoms with Gasteiger partial charge in [0.1, 0.15) is 0 Å². The third-order valence-electron chi connectivity index (χ3n) is 3.89. The average Bonchev–Trinajstić information content (AvgIpc) is 2.98. The molecule has 4 nitrogen and oxygen atoms in total. The number of likely N-dealkylation sites (N-methyl/N-ethyl adjacent to an activating group) is 1. The number of imidazole rings is 1. The molecule has 1 atom stereocenters. The summed E-state index contributed by atoms with van der Waals surface area (Å²) in [5.74, 6) is 1.16. The van der Waals surface area contributed by atoms with Gasteiger partial charge in [-0.3, -0.25) is 4.40 Å². The highest BCUT2D eigenvalue weighted by Gasteiger charge is 2.25. The first-order valence-electron chi connectivity index (χ1n) is 6.62. The Kier molecular flexibility index (Phi) is 3.82. The number of halogens is 1. The Morgan fingerprint density at radius 1 is 1.53 bits per heavy atom. The van der Waals surface area contributed by atoms with Crippen molar-refractivity contribution in [3.63, 3.8) is 0 Å². The van der Waals surface area contributed by atoms with Gasteiger partial charge in [-0.25, -0.2) is 4.98 Å². The highest BCUT2D eigenvalue weighted by molar-refractivity contribution is 9.08. The largest absolute Gasteiger partial charge is 0.353 e. The molecule has 1 aliphatic rings. The first-order chi connectivity index (χ1) is 9.20. The monoisotopic (exact) mass is 342 g/mol. The maximum Gasteiger partial charge on any atom is 0.195 e. The second kappa shape index (κ2) is 5.42. The van der Waals surface area contributed by atoms with Gasteiger partial charge < -0.3 is 9.80 Å². The van der Waals surface area contributed by atoms with Gasteiger partial charge in [-0.15, -0.1) is 11.3 Å². The molecule has 1 fully saturated rings. The van der Waals surface area contributed by atoms with E-state index in [0.29, 0.717) is 6.04 Å². The minimum atomic E-state index is 0.636. The summed E-state index contributed by atoms with van der Waals surface area (Å²) in [6, 6.07) is 0.636. The summed E-state index contributed by atoms with van der Waals surface area (Å²) in [6.45, 7) is 2.20. The van der Waals surface area contributed by atoms with Crippen LogP contribution in [0.1, 0.15) is 18.5 Å². The van der Waals surface area contributed by atoms with Crippen LogP contribution < -0.4 is 4.90 Å². The number of hydrogen-bond donors (Lipinski definition) is 0. The van der Waals surface area contributed by atoms with Crippen molar-refractivity contribution in [1.29, 1.82) is 0 Å². The molecule has 0 amide bonds. The minimum absolute atomic E-state index is 0.636. The Morgan fingerprint density at radius 2 is 2.37 bits per heavy atom. The van der Waals surface area contributed by atoms with E-state index >= 15 is 0 Å². The number of nitrogens with zero attached hydrogens (tertiary/aromatic N) is 4. The van der Waals surface area contributed by atoms with E-state index < -0.39 is 0 Å². The van der Waals surface area contributed by atoms with Crippen molar-refractivity contribution in [2.24, 2.45) is 0 Å². The number of thiazole rings is 1. The molecule has 0 aromatic carbocycles. The molecule has 1 unspecified atom stereocenters. The van der Waals surface area contributed by atoms with Crippen molar-refractivity contribution in [3.05, 3.63) is 17.3 Å². The second-order valence-electron chi connectivity index (χ2n) is 5.28. The fourth-order valence-electron chi connectivity index (χ4n) is 2.77. The topological polar surface area (TPSA) is 23.8 Å². The third kappa shape index (κ3) is 2.41. The summed E-state index contributed by atoms with van der Waals surface area (Å²) in [7, 11) is 4.34. The van der Waals surface area contributed by atoms with E-state index in [1.54, 1.807) is 11.3 Å². The molecule has 0 spiro atoms. The zero-order valence-corrected chi connectivity index (χ0v) is 13.7. The predicted octanol–water partition coefficient (Wildman–Crippen LogP) is 2.82. The van der Waals surface area contributed by atoms with E-state index in [2.05, 4.69) is 55.8 Å². The molecule has 6 heteroatoms. The van der Waals surface area contributed by atoms with E-state index in [1.807, 2.05) is 0 Å². The van der Waals surface area contributed by atoms with Crippen molar-refractivity contribution in [2.75, 3.05) is 32.1 Å². The van der Waals surface area contributed by atoms with Crippen LogP contribution in [0.3, 0.4) is 0 Å². The predicted molar refractivity (Wildman–Crippen MR) is 84.6 cm³/mol. The zero-order valence-electron chi connectivity index (χ0n) is 11.3. The molecule has 1 aliphatic heterocycles. The lowest BCUT2D eigenvalue weighted by Crippen LogP contribution is -2.45. The molecule has 0 bridgehead atoms. The number of aromatic nitrogens is 2. The van der Waals surface area contributed by atoms with Crippen LogP contribution in [0, 0.1) is 0 Å². The molecule has 1 saturated heterocycles. The van der Waals surface area contributed by atoms with E-state index in [0.717, 1.165) is 29.2 Å². The molecule has 2 aromatic heterocycles. The summed E-state index contributed by atoms with van der Waals surface area (Å²) in [6.07, 6.45) is 4.64. The van der Waals surface area contributed by atoms with Gasteiger partial charge in [-0.2, -0.15) is 0 Å². The van der Waals surface area contributed by atoms with Gasteiger partial charge in [0.05, 0.1) is 5.69 Å². The molecule has 3 heterocycles. The number of anilines is 1. The molecule has 104 valence electrons. The first kappa shape index (κ1) is 13.4. The van der Waals surface area contributed by atoms with Crippen molar-refractivity contribution < 1.29 is 0 Å². The molecule has 0 radical (unpaired) electrons. The second-order valence-corrected chi connectivity index (χ2v) is 6.71. The normalized spacial score (nSPS) is 20.6. The number of alkyl halides is 1. The van der Waals surface area contributed by atoms with Gasteiger partial charge in [0.15, 0.2) is 10.8 Å². The average molecular weight is 343 g/mol. The molecule has 19 heavy (non-hydrogen) atoms. The summed E-state index contributed by atoms with van der Waals surface area (Å²) in [4.78, 5) is 10.7.